The molecule has 0 aromatic carbocycles. The predicted molar refractivity (Wildman–Crippen MR) is 128 cm³/mol. The van der Waals surface area contributed by atoms with Gasteiger partial charge in [0.1, 0.15) is 22.4 Å². The van der Waals surface area contributed by atoms with Crippen molar-refractivity contribution in [3.05, 3.63) is 23.7 Å². The van der Waals surface area contributed by atoms with Gasteiger partial charge in [-0.05, 0) is 38.7 Å². The molecule has 2 aliphatic carbocycles. The van der Waals surface area contributed by atoms with Crippen LogP contribution in [-0.2, 0) is 6.42 Å². The van der Waals surface area contributed by atoms with Crippen molar-refractivity contribution in [1.29, 1.82) is 0 Å². The van der Waals surface area contributed by atoms with Crippen LogP contribution in [0.15, 0.2) is 12.3 Å². The maximum absolute atomic E-state index is 10.6. The van der Waals surface area contributed by atoms with Crippen LogP contribution in [0.5, 0.6) is 0 Å². The molecule has 0 spiro atoms. The first-order valence-corrected chi connectivity index (χ1v) is 12.4. The van der Waals surface area contributed by atoms with Crippen molar-refractivity contribution >= 4 is 33.3 Å². The van der Waals surface area contributed by atoms with E-state index in [9.17, 15) is 15.3 Å². The number of aliphatic hydroxyl groups excluding tert-OH is 3. The summed E-state index contributed by atoms with van der Waals surface area (Å²) >= 11 is 1.57. The normalized spacial score (nSPS) is 25.0. The lowest BCUT2D eigenvalue weighted by Gasteiger charge is -2.21. The molecule has 0 unspecified atom stereocenters. The summed E-state index contributed by atoms with van der Waals surface area (Å²) < 4.78 is 1.06. The van der Waals surface area contributed by atoms with Gasteiger partial charge >= 0.3 is 0 Å². The molecule has 4 atom stereocenters. The number of anilines is 2. The number of nitrogens with one attached hydrogen (secondary N) is 2. The topological polar surface area (TPSA) is 136 Å². The molecule has 0 aliphatic heterocycles. The van der Waals surface area contributed by atoms with Gasteiger partial charge in [-0.1, -0.05) is 13.3 Å². The molecule has 3 aromatic heterocycles. The minimum Gasteiger partial charge on any atom is -0.396 e. The van der Waals surface area contributed by atoms with Crippen LogP contribution in [0.1, 0.15) is 44.0 Å². The Hall–Kier alpha value is -2.40. The second kappa shape index (κ2) is 9.09. The first kappa shape index (κ1) is 22.4. The second-order valence-corrected chi connectivity index (χ2v) is 10.1. The molecule has 0 saturated heterocycles. The molecule has 0 radical (unpaired) electrons. The molecule has 2 saturated carbocycles. The zero-order valence-electron chi connectivity index (χ0n) is 18.8. The summed E-state index contributed by atoms with van der Waals surface area (Å²) in [5, 5.41) is 37.9. The Morgan fingerprint density at radius 2 is 1.94 bits per heavy atom. The highest BCUT2D eigenvalue weighted by molar-refractivity contribution is 7.21. The molecule has 2 aliphatic rings. The van der Waals surface area contributed by atoms with Crippen LogP contribution in [0.25, 0.3) is 20.8 Å². The van der Waals surface area contributed by atoms with E-state index >= 15 is 0 Å². The third-order valence-corrected chi connectivity index (χ3v) is 7.48. The average Bonchev–Trinajstić information content (AvgIpc) is 3.43. The number of aromatic nitrogens is 4. The summed E-state index contributed by atoms with van der Waals surface area (Å²) in [4.78, 5) is 18.9. The zero-order valence-corrected chi connectivity index (χ0v) is 19.6. The monoisotopic (exact) mass is 470 g/mol. The van der Waals surface area contributed by atoms with Crippen LogP contribution in [0.2, 0.25) is 0 Å². The molecule has 10 heteroatoms. The van der Waals surface area contributed by atoms with Gasteiger partial charge in [0.25, 0.3) is 0 Å². The first-order valence-electron chi connectivity index (χ1n) is 11.6. The van der Waals surface area contributed by atoms with Crippen molar-refractivity contribution in [1.82, 2.24) is 19.9 Å². The molecule has 0 bridgehead atoms. The van der Waals surface area contributed by atoms with Gasteiger partial charge in [0.2, 0.25) is 5.95 Å². The van der Waals surface area contributed by atoms with Crippen LogP contribution in [-0.4, -0.2) is 66.2 Å². The summed E-state index contributed by atoms with van der Waals surface area (Å²) in [6.45, 7) is 3.89. The fourth-order valence-electron chi connectivity index (χ4n) is 4.47. The standard InChI is InChI=1S/C23H30N6O3S/c1-3-4-14-18-16(7-8-24-14)33-22(28-18)17-11(2)25-23(26-13-5-6-13)29-21(17)27-15-9-12(10-30)19(31)20(15)32/h7-8,12-13,15,19-20,30-32H,3-6,9-10H2,1-2H3,(H2,25,26,27,29)/t12-,15-,19-,20+/m1/s1. The van der Waals surface area contributed by atoms with E-state index in [4.69, 9.17) is 15.0 Å². The number of nitrogens with zero attached hydrogens (tertiary/aromatic N) is 4. The van der Waals surface area contributed by atoms with Crippen LogP contribution in [0.4, 0.5) is 11.8 Å². The van der Waals surface area contributed by atoms with Crippen molar-refractivity contribution in [3.8, 4) is 10.6 Å². The van der Waals surface area contributed by atoms with E-state index in [1.165, 1.54) is 0 Å². The SMILES string of the molecule is CCCc1nccc2sc(-c3c(C)nc(NC4CC4)nc3N[C@@H]3C[C@H](CO)[C@@H](O)[C@H]3O)nc12. The fourth-order valence-corrected chi connectivity index (χ4v) is 5.55. The highest BCUT2D eigenvalue weighted by Gasteiger charge is 2.41. The number of rotatable bonds is 8. The molecule has 3 aromatic rings. The van der Waals surface area contributed by atoms with Crippen LogP contribution in [0.3, 0.4) is 0 Å². The van der Waals surface area contributed by atoms with Crippen molar-refractivity contribution in [2.75, 3.05) is 17.2 Å². The fraction of sp³-hybridized carbons (Fsp3) is 0.565. The smallest absolute Gasteiger partial charge is 0.225 e. The number of fused-ring (bicyclic) bond motifs is 1. The van der Waals surface area contributed by atoms with Crippen LogP contribution < -0.4 is 10.6 Å². The summed E-state index contributed by atoms with van der Waals surface area (Å²) in [5.74, 6) is 0.741. The Labute approximate surface area is 196 Å². The first-order chi connectivity index (χ1) is 16.0. The van der Waals surface area contributed by atoms with E-state index in [-0.39, 0.29) is 12.5 Å². The largest absolute Gasteiger partial charge is 0.396 e. The van der Waals surface area contributed by atoms with E-state index in [1.54, 1.807) is 11.3 Å². The number of hydrogen-bond acceptors (Lipinski definition) is 10. The third-order valence-electron chi connectivity index (χ3n) is 6.44. The lowest BCUT2D eigenvalue weighted by Crippen LogP contribution is -2.35. The van der Waals surface area contributed by atoms with Gasteiger partial charge in [0, 0.05) is 24.8 Å². The number of hydrogen-bond donors (Lipinski definition) is 5. The lowest BCUT2D eigenvalue weighted by atomic mass is 10.1. The maximum Gasteiger partial charge on any atom is 0.225 e. The predicted octanol–water partition coefficient (Wildman–Crippen LogP) is 2.50. The van der Waals surface area contributed by atoms with Gasteiger partial charge in [0.15, 0.2) is 0 Å². The Morgan fingerprint density at radius 1 is 1.12 bits per heavy atom. The molecule has 3 heterocycles. The molecule has 5 rings (SSSR count). The molecular formula is C23H30N6O3S. The number of thiazole rings is 1. The van der Waals surface area contributed by atoms with Crippen molar-refractivity contribution in [2.24, 2.45) is 5.92 Å². The Morgan fingerprint density at radius 3 is 2.64 bits per heavy atom. The van der Waals surface area contributed by atoms with Crippen molar-refractivity contribution in [3.63, 3.8) is 0 Å². The average molecular weight is 471 g/mol. The Kier molecular flexibility index (Phi) is 6.17. The van der Waals surface area contributed by atoms with Crippen LogP contribution in [0, 0.1) is 12.8 Å². The molecule has 0 amide bonds. The van der Waals surface area contributed by atoms with Crippen LogP contribution >= 0.6 is 11.3 Å². The maximum atomic E-state index is 10.6. The van der Waals surface area contributed by atoms with E-state index in [0.29, 0.717) is 24.2 Å². The summed E-state index contributed by atoms with van der Waals surface area (Å²) in [5.41, 5.74) is 3.46. The molecule has 176 valence electrons. The van der Waals surface area contributed by atoms with Gasteiger partial charge in [-0.15, -0.1) is 11.3 Å². The molecule has 5 N–H and O–H groups in total. The van der Waals surface area contributed by atoms with Gasteiger partial charge in [-0.25, -0.2) is 9.97 Å². The van der Waals surface area contributed by atoms with Crippen molar-refractivity contribution < 1.29 is 15.3 Å². The van der Waals surface area contributed by atoms with Gasteiger partial charge in [-0.2, -0.15) is 4.98 Å². The van der Waals surface area contributed by atoms with Gasteiger partial charge < -0.3 is 26.0 Å². The lowest BCUT2D eigenvalue weighted by molar-refractivity contribution is 0.00446. The third kappa shape index (κ3) is 4.40. The van der Waals surface area contributed by atoms with E-state index in [0.717, 1.165) is 57.9 Å². The van der Waals surface area contributed by atoms with E-state index < -0.39 is 18.2 Å². The summed E-state index contributed by atoms with van der Waals surface area (Å²) in [6, 6.07) is 1.93. The second-order valence-electron chi connectivity index (χ2n) is 9.06. The zero-order chi connectivity index (χ0) is 23.1. The molecule has 33 heavy (non-hydrogen) atoms. The quantitative estimate of drug-likeness (QED) is 0.336. The minimum atomic E-state index is -0.999. The van der Waals surface area contributed by atoms with Gasteiger partial charge in [-0.3, -0.25) is 4.98 Å². The number of aliphatic hydroxyl groups is 3. The minimum absolute atomic E-state index is 0.175. The van der Waals surface area contributed by atoms with Crippen molar-refractivity contribution in [2.45, 2.75) is 70.2 Å². The van der Waals surface area contributed by atoms with E-state index in [2.05, 4.69) is 22.5 Å². The van der Waals surface area contributed by atoms with E-state index in [1.807, 2.05) is 19.2 Å². The molecular weight excluding hydrogens is 440 g/mol. The molecule has 9 nitrogen and oxygen atoms in total. The summed E-state index contributed by atoms with van der Waals surface area (Å²) in [6.07, 6.45) is 4.34. The van der Waals surface area contributed by atoms with Gasteiger partial charge in [0.05, 0.1) is 33.8 Å². The number of aryl methyl sites for hydroxylation is 2. The highest BCUT2D eigenvalue weighted by Crippen LogP contribution is 2.39. The Bertz CT molecular complexity index is 1150. The Balaban J connectivity index is 1.56. The number of pyridine rings is 1. The summed E-state index contributed by atoms with van der Waals surface area (Å²) in [7, 11) is 0. The highest BCUT2D eigenvalue weighted by atomic mass is 32.1. The molecule has 2 fully saturated rings.